The summed E-state index contributed by atoms with van der Waals surface area (Å²) >= 11 is 11.9. The number of nitrogen functional groups attached to an aromatic ring is 1. The number of anilines is 1. The van der Waals surface area contributed by atoms with Crippen LogP contribution in [0.2, 0.25) is 10.0 Å². The SMILES string of the molecule is Nc1cc(F)ccc1C(=O)OCc1c(Cl)cccc1Cl. The van der Waals surface area contributed by atoms with Gasteiger partial charge in [-0.05, 0) is 30.3 Å². The summed E-state index contributed by atoms with van der Waals surface area (Å²) in [6.07, 6.45) is 0. The third-order valence-electron chi connectivity index (χ3n) is 2.64. The molecule has 0 spiro atoms. The summed E-state index contributed by atoms with van der Waals surface area (Å²) in [6.45, 7) is -0.0891. The Bertz CT molecular complexity index is 641. The Kier molecular flexibility index (Phi) is 4.47. The van der Waals surface area contributed by atoms with Crippen LogP contribution in [0.5, 0.6) is 0 Å². The molecule has 2 N–H and O–H groups in total. The Morgan fingerprint density at radius 2 is 1.85 bits per heavy atom. The average Bonchev–Trinajstić information content (AvgIpc) is 2.37. The van der Waals surface area contributed by atoms with E-state index in [2.05, 4.69) is 0 Å². The summed E-state index contributed by atoms with van der Waals surface area (Å²) in [4.78, 5) is 11.9. The smallest absolute Gasteiger partial charge is 0.340 e. The number of esters is 1. The first-order chi connectivity index (χ1) is 9.49. The van der Waals surface area contributed by atoms with Gasteiger partial charge in [0, 0.05) is 21.3 Å². The number of carbonyl (C=O) groups is 1. The molecule has 0 atom stereocenters. The highest BCUT2D eigenvalue weighted by Gasteiger charge is 2.14. The molecule has 0 amide bonds. The van der Waals surface area contributed by atoms with E-state index in [4.69, 9.17) is 33.7 Å². The largest absolute Gasteiger partial charge is 0.457 e. The zero-order chi connectivity index (χ0) is 14.7. The lowest BCUT2D eigenvalue weighted by molar-refractivity contribution is 0.0474. The minimum absolute atomic E-state index is 0.0141. The van der Waals surface area contributed by atoms with Crippen LogP contribution in [0.25, 0.3) is 0 Å². The third kappa shape index (κ3) is 3.21. The molecule has 0 heterocycles. The van der Waals surface area contributed by atoms with Crippen LogP contribution in [-0.4, -0.2) is 5.97 Å². The number of carbonyl (C=O) groups excluding carboxylic acids is 1. The van der Waals surface area contributed by atoms with Gasteiger partial charge in [-0.15, -0.1) is 0 Å². The number of ether oxygens (including phenoxy) is 1. The van der Waals surface area contributed by atoms with Gasteiger partial charge < -0.3 is 10.5 Å². The molecule has 0 radical (unpaired) electrons. The van der Waals surface area contributed by atoms with Crippen LogP contribution in [0.4, 0.5) is 10.1 Å². The number of hydrogen-bond donors (Lipinski definition) is 1. The highest BCUT2D eigenvalue weighted by atomic mass is 35.5. The number of hydrogen-bond acceptors (Lipinski definition) is 3. The predicted octanol–water partition coefficient (Wildman–Crippen LogP) is 4.07. The summed E-state index contributed by atoms with van der Waals surface area (Å²) in [5.74, 6) is -1.19. The van der Waals surface area contributed by atoms with Gasteiger partial charge in [0.25, 0.3) is 0 Å². The van der Waals surface area contributed by atoms with E-state index in [1.807, 2.05) is 0 Å². The fourth-order valence-corrected chi connectivity index (χ4v) is 2.11. The van der Waals surface area contributed by atoms with E-state index >= 15 is 0 Å². The maximum atomic E-state index is 12.9. The summed E-state index contributed by atoms with van der Waals surface area (Å²) in [5.41, 5.74) is 6.17. The van der Waals surface area contributed by atoms with Crippen LogP contribution in [-0.2, 0) is 11.3 Å². The quantitative estimate of drug-likeness (QED) is 0.686. The van der Waals surface area contributed by atoms with E-state index in [1.165, 1.54) is 6.07 Å². The number of halogens is 3. The van der Waals surface area contributed by atoms with Gasteiger partial charge in [-0.25, -0.2) is 9.18 Å². The summed E-state index contributed by atoms with van der Waals surface area (Å²) in [6, 6.07) is 8.43. The Morgan fingerprint density at radius 1 is 1.20 bits per heavy atom. The minimum Gasteiger partial charge on any atom is -0.457 e. The summed E-state index contributed by atoms with van der Waals surface area (Å²) < 4.78 is 18.0. The molecule has 20 heavy (non-hydrogen) atoms. The van der Waals surface area contributed by atoms with Crippen molar-refractivity contribution in [3.63, 3.8) is 0 Å². The number of rotatable bonds is 3. The third-order valence-corrected chi connectivity index (χ3v) is 3.35. The van der Waals surface area contributed by atoms with Crippen molar-refractivity contribution >= 4 is 34.9 Å². The van der Waals surface area contributed by atoms with Gasteiger partial charge in [0.2, 0.25) is 0 Å². The zero-order valence-electron chi connectivity index (χ0n) is 10.2. The average molecular weight is 314 g/mol. The maximum Gasteiger partial charge on any atom is 0.340 e. The van der Waals surface area contributed by atoms with Crippen LogP contribution in [0, 0.1) is 5.82 Å². The Morgan fingerprint density at radius 3 is 2.45 bits per heavy atom. The van der Waals surface area contributed by atoms with Crippen molar-refractivity contribution in [3.8, 4) is 0 Å². The van der Waals surface area contributed by atoms with Crippen molar-refractivity contribution in [1.82, 2.24) is 0 Å². The molecule has 0 saturated carbocycles. The van der Waals surface area contributed by atoms with E-state index < -0.39 is 11.8 Å². The molecule has 0 fully saturated rings. The lowest BCUT2D eigenvalue weighted by atomic mass is 10.2. The van der Waals surface area contributed by atoms with Gasteiger partial charge in [-0.2, -0.15) is 0 Å². The number of benzene rings is 2. The first-order valence-corrected chi connectivity index (χ1v) is 6.39. The Balaban J connectivity index is 2.13. The van der Waals surface area contributed by atoms with Crippen LogP contribution < -0.4 is 5.73 Å². The molecule has 3 nitrogen and oxygen atoms in total. The monoisotopic (exact) mass is 313 g/mol. The normalized spacial score (nSPS) is 10.3. The second kappa shape index (κ2) is 6.11. The molecular formula is C14H10Cl2FNO2. The number of nitrogens with two attached hydrogens (primary N) is 1. The lowest BCUT2D eigenvalue weighted by Gasteiger charge is -2.09. The van der Waals surface area contributed by atoms with Crippen LogP contribution in [0.15, 0.2) is 36.4 Å². The van der Waals surface area contributed by atoms with E-state index in [0.29, 0.717) is 15.6 Å². The van der Waals surface area contributed by atoms with Crippen LogP contribution >= 0.6 is 23.2 Å². The molecule has 0 saturated heterocycles. The van der Waals surface area contributed by atoms with Gasteiger partial charge in [-0.1, -0.05) is 29.3 Å². The van der Waals surface area contributed by atoms with E-state index in [1.54, 1.807) is 18.2 Å². The summed E-state index contributed by atoms with van der Waals surface area (Å²) in [5, 5.41) is 0.801. The molecule has 2 aromatic carbocycles. The molecule has 0 unspecified atom stereocenters. The van der Waals surface area contributed by atoms with Gasteiger partial charge in [-0.3, -0.25) is 0 Å². The van der Waals surface area contributed by atoms with Gasteiger partial charge >= 0.3 is 5.97 Å². The van der Waals surface area contributed by atoms with Crippen molar-refractivity contribution in [1.29, 1.82) is 0 Å². The van der Waals surface area contributed by atoms with Crippen molar-refractivity contribution in [2.24, 2.45) is 0 Å². The van der Waals surface area contributed by atoms with E-state index in [9.17, 15) is 9.18 Å². The Hall–Kier alpha value is -1.78. The maximum absolute atomic E-state index is 12.9. The predicted molar refractivity (Wildman–Crippen MR) is 76.4 cm³/mol. The van der Waals surface area contributed by atoms with E-state index in [-0.39, 0.29) is 17.9 Å². The van der Waals surface area contributed by atoms with Crippen LogP contribution in [0.1, 0.15) is 15.9 Å². The first-order valence-electron chi connectivity index (χ1n) is 5.64. The molecule has 6 heteroatoms. The minimum atomic E-state index is -0.668. The summed E-state index contributed by atoms with van der Waals surface area (Å²) in [7, 11) is 0. The molecular weight excluding hydrogens is 304 g/mol. The molecule has 0 aliphatic rings. The lowest BCUT2D eigenvalue weighted by Crippen LogP contribution is -2.09. The second-order valence-electron chi connectivity index (χ2n) is 4.01. The standard InChI is InChI=1S/C14H10Cl2FNO2/c15-11-2-1-3-12(16)10(11)7-20-14(19)9-5-4-8(17)6-13(9)18/h1-6H,7,18H2. The van der Waals surface area contributed by atoms with Crippen molar-refractivity contribution < 1.29 is 13.9 Å². The molecule has 104 valence electrons. The zero-order valence-corrected chi connectivity index (χ0v) is 11.7. The van der Waals surface area contributed by atoms with Gasteiger partial charge in [0.15, 0.2) is 0 Å². The molecule has 0 aromatic heterocycles. The topological polar surface area (TPSA) is 52.3 Å². The van der Waals surface area contributed by atoms with Gasteiger partial charge in [0.05, 0.1) is 5.56 Å². The van der Waals surface area contributed by atoms with Crippen molar-refractivity contribution in [3.05, 3.63) is 63.4 Å². The fraction of sp³-hybridized carbons (Fsp3) is 0.0714. The molecule has 0 aliphatic carbocycles. The molecule has 2 rings (SSSR count). The van der Waals surface area contributed by atoms with E-state index in [0.717, 1.165) is 12.1 Å². The fourth-order valence-electron chi connectivity index (χ4n) is 1.61. The second-order valence-corrected chi connectivity index (χ2v) is 4.82. The van der Waals surface area contributed by atoms with Crippen LogP contribution in [0.3, 0.4) is 0 Å². The highest BCUT2D eigenvalue weighted by Crippen LogP contribution is 2.25. The van der Waals surface area contributed by atoms with Crippen molar-refractivity contribution in [2.75, 3.05) is 5.73 Å². The first kappa shape index (κ1) is 14.6. The molecule has 0 bridgehead atoms. The molecule has 0 aliphatic heterocycles. The molecule has 2 aromatic rings. The van der Waals surface area contributed by atoms with Crippen molar-refractivity contribution in [2.45, 2.75) is 6.61 Å². The Labute approximate surface area is 125 Å². The van der Waals surface area contributed by atoms with Gasteiger partial charge in [0.1, 0.15) is 12.4 Å². The highest BCUT2D eigenvalue weighted by molar-refractivity contribution is 6.35.